The third-order valence-corrected chi connectivity index (χ3v) is 3.37. The number of pyridine rings is 2. The Bertz CT molecular complexity index is 645. The molecule has 2 N–H and O–H groups in total. The van der Waals surface area contributed by atoms with E-state index < -0.39 is 11.0 Å². The molecular formula is C12H13BrN4O2. The first-order chi connectivity index (χ1) is 8.91. The Hall–Kier alpha value is -1.60. The second-order valence-corrected chi connectivity index (χ2v) is 5.52. The first-order valence-electron chi connectivity index (χ1n) is 5.76. The van der Waals surface area contributed by atoms with Gasteiger partial charge in [-0.25, -0.2) is 4.98 Å². The summed E-state index contributed by atoms with van der Waals surface area (Å²) in [6.07, 6.45) is 2.83. The maximum absolute atomic E-state index is 11.1. The van der Waals surface area contributed by atoms with Gasteiger partial charge in [-0.05, 0) is 27.9 Å². The molecule has 2 heterocycles. The van der Waals surface area contributed by atoms with Crippen LogP contribution in [0.2, 0.25) is 0 Å². The highest BCUT2D eigenvalue weighted by Gasteiger charge is 2.26. The lowest BCUT2D eigenvalue weighted by Gasteiger charge is -2.17. The van der Waals surface area contributed by atoms with Gasteiger partial charge in [0.25, 0.3) is 5.69 Å². The van der Waals surface area contributed by atoms with Gasteiger partial charge in [0.05, 0.1) is 16.0 Å². The number of fused-ring (bicyclic) bond motifs is 1. The number of hydrogen-bond acceptors (Lipinski definition) is 5. The summed E-state index contributed by atoms with van der Waals surface area (Å²) in [4.78, 5) is 19.0. The van der Waals surface area contributed by atoms with E-state index in [0.29, 0.717) is 16.6 Å². The van der Waals surface area contributed by atoms with Crippen molar-refractivity contribution in [3.05, 3.63) is 38.6 Å². The molecule has 0 spiro atoms. The van der Waals surface area contributed by atoms with Crippen molar-refractivity contribution in [2.24, 2.45) is 11.7 Å². The number of nitrogens with zero attached hydrogens (tertiary/aromatic N) is 3. The number of hydrogen-bond donors (Lipinski definition) is 1. The van der Waals surface area contributed by atoms with E-state index in [9.17, 15) is 10.1 Å². The highest BCUT2D eigenvalue weighted by Crippen LogP contribution is 2.33. The van der Waals surface area contributed by atoms with E-state index >= 15 is 0 Å². The van der Waals surface area contributed by atoms with Gasteiger partial charge >= 0.3 is 0 Å². The third kappa shape index (κ3) is 2.57. The number of halogens is 1. The van der Waals surface area contributed by atoms with Crippen LogP contribution in [-0.2, 0) is 0 Å². The van der Waals surface area contributed by atoms with Gasteiger partial charge < -0.3 is 5.73 Å². The van der Waals surface area contributed by atoms with Crippen LogP contribution in [0.5, 0.6) is 0 Å². The molecule has 2 rings (SSSR count). The molecule has 0 aliphatic carbocycles. The normalized spacial score (nSPS) is 12.9. The molecule has 0 bridgehead atoms. The monoisotopic (exact) mass is 324 g/mol. The number of nitro groups is 1. The molecule has 2 aromatic rings. The summed E-state index contributed by atoms with van der Waals surface area (Å²) in [6.45, 7) is 3.83. The van der Waals surface area contributed by atoms with Crippen LogP contribution in [0.15, 0.2) is 22.9 Å². The molecule has 0 aliphatic heterocycles. The van der Waals surface area contributed by atoms with E-state index in [-0.39, 0.29) is 11.6 Å². The van der Waals surface area contributed by atoms with Crippen molar-refractivity contribution in [2.75, 3.05) is 0 Å². The van der Waals surface area contributed by atoms with Gasteiger partial charge in [0, 0.05) is 16.7 Å². The number of rotatable bonds is 3. The van der Waals surface area contributed by atoms with Crippen molar-refractivity contribution in [3.8, 4) is 0 Å². The van der Waals surface area contributed by atoms with Crippen LogP contribution in [0.3, 0.4) is 0 Å². The number of aromatic nitrogens is 2. The Kier molecular flexibility index (Phi) is 3.77. The zero-order valence-corrected chi connectivity index (χ0v) is 12.1. The van der Waals surface area contributed by atoms with Crippen LogP contribution in [0, 0.1) is 16.0 Å². The SMILES string of the molecule is CC(C)C(N)c1c([N+](=O)[O-])cnc2cc(Br)cnc12. The molecule has 0 fully saturated rings. The highest BCUT2D eigenvalue weighted by molar-refractivity contribution is 9.10. The molecule has 1 unspecified atom stereocenters. The largest absolute Gasteiger partial charge is 0.323 e. The quantitative estimate of drug-likeness (QED) is 0.691. The predicted molar refractivity (Wildman–Crippen MR) is 75.7 cm³/mol. The zero-order chi connectivity index (χ0) is 14.2. The Morgan fingerprint density at radius 3 is 2.63 bits per heavy atom. The summed E-state index contributed by atoms with van der Waals surface area (Å²) in [5.41, 5.74) is 7.53. The molecule has 0 radical (unpaired) electrons. The van der Waals surface area contributed by atoms with E-state index in [1.54, 1.807) is 12.3 Å². The van der Waals surface area contributed by atoms with Crippen LogP contribution >= 0.6 is 15.9 Å². The zero-order valence-electron chi connectivity index (χ0n) is 10.5. The van der Waals surface area contributed by atoms with Crippen molar-refractivity contribution < 1.29 is 4.92 Å². The minimum absolute atomic E-state index is 0.0646. The van der Waals surface area contributed by atoms with Gasteiger partial charge in [0.2, 0.25) is 0 Å². The van der Waals surface area contributed by atoms with Gasteiger partial charge in [-0.1, -0.05) is 13.8 Å². The van der Waals surface area contributed by atoms with Crippen LogP contribution in [0.25, 0.3) is 11.0 Å². The molecule has 0 amide bonds. The second kappa shape index (κ2) is 5.18. The van der Waals surface area contributed by atoms with Crippen LogP contribution in [0.1, 0.15) is 25.5 Å². The molecule has 1 atom stereocenters. The fraction of sp³-hybridized carbons (Fsp3) is 0.333. The van der Waals surface area contributed by atoms with Crippen molar-refractivity contribution in [3.63, 3.8) is 0 Å². The summed E-state index contributed by atoms with van der Waals surface area (Å²) >= 11 is 3.30. The van der Waals surface area contributed by atoms with Gasteiger partial charge in [-0.15, -0.1) is 0 Å². The average Bonchev–Trinajstić information content (AvgIpc) is 2.35. The molecule has 0 saturated heterocycles. The smallest absolute Gasteiger partial charge is 0.294 e. The molecule has 0 saturated carbocycles. The second-order valence-electron chi connectivity index (χ2n) is 4.61. The van der Waals surface area contributed by atoms with Crippen molar-refractivity contribution in [2.45, 2.75) is 19.9 Å². The number of nitrogens with two attached hydrogens (primary N) is 1. The van der Waals surface area contributed by atoms with Gasteiger partial charge in [-0.2, -0.15) is 0 Å². The van der Waals surface area contributed by atoms with Gasteiger partial charge in [0.15, 0.2) is 0 Å². The van der Waals surface area contributed by atoms with Crippen molar-refractivity contribution in [1.82, 2.24) is 9.97 Å². The van der Waals surface area contributed by atoms with Crippen LogP contribution in [0.4, 0.5) is 5.69 Å². The summed E-state index contributed by atoms with van der Waals surface area (Å²) in [5, 5.41) is 11.1. The highest BCUT2D eigenvalue weighted by atomic mass is 79.9. The molecule has 19 heavy (non-hydrogen) atoms. The Morgan fingerprint density at radius 2 is 2.05 bits per heavy atom. The van der Waals surface area contributed by atoms with Crippen LogP contribution < -0.4 is 5.73 Å². The molecule has 100 valence electrons. The first-order valence-corrected chi connectivity index (χ1v) is 6.55. The van der Waals surface area contributed by atoms with E-state index in [0.717, 1.165) is 4.47 Å². The van der Waals surface area contributed by atoms with E-state index in [4.69, 9.17) is 5.73 Å². The summed E-state index contributed by atoms with van der Waals surface area (Å²) < 4.78 is 0.769. The maximum Gasteiger partial charge on any atom is 0.294 e. The minimum Gasteiger partial charge on any atom is -0.323 e. The lowest BCUT2D eigenvalue weighted by Crippen LogP contribution is -2.19. The standard InChI is InChI=1S/C12H13BrN4O2/c1-6(2)11(14)10-9(17(18)19)5-15-8-3-7(13)4-16-12(8)10/h3-6,11H,14H2,1-2H3. The molecule has 0 aromatic carbocycles. The summed E-state index contributed by atoms with van der Waals surface area (Å²) in [7, 11) is 0. The fourth-order valence-corrected chi connectivity index (χ4v) is 2.18. The topological polar surface area (TPSA) is 94.9 Å². The van der Waals surface area contributed by atoms with E-state index in [1.165, 1.54) is 6.20 Å². The Balaban J connectivity index is 2.80. The fourth-order valence-electron chi connectivity index (χ4n) is 1.86. The van der Waals surface area contributed by atoms with Gasteiger partial charge in [-0.3, -0.25) is 15.1 Å². The molecule has 2 aromatic heterocycles. The van der Waals surface area contributed by atoms with Gasteiger partial charge in [0.1, 0.15) is 11.7 Å². The first kappa shape index (κ1) is 13.8. The average molecular weight is 325 g/mol. The lowest BCUT2D eigenvalue weighted by molar-refractivity contribution is -0.386. The minimum atomic E-state index is -0.465. The van der Waals surface area contributed by atoms with Crippen molar-refractivity contribution >= 4 is 32.7 Å². The Labute approximate surface area is 118 Å². The van der Waals surface area contributed by atoms with E-state index in [2.05, 4.69) is 25.9 Å². The van der Waals surface area contributed by atoms with Crippen molar-refractivity contribution in [1.29, 1.82) is 0 Å². The van der Waals surface area contributed by atoms with Crippen LogP contribution in [-0.4, -0.2) is 14.9 Å². The Morgan fingerprint density at radius 1 is 1.37 bits per heavy atom. The molecular weight excluding hydrogens is 312 g/mol. The van der Waals surface area contributed by atoms with E-state index in [1.807, 2.05) is 13.8 Å². The summed E-state index contributed by atoms with van der Waals surface area (Å²) in [6, 6.07) is 1.31. The molecule has 6 nitrogen and oxygen atoms in total. The summed E-state index contributed by atoms with van der Waals surface area (Å²) in [5.74, 6) is 0.0646. The third-order valence-electron chi connectivity index (χ3n) is 2.94. The molecule has 0 aliphatic rings. The molecule has 7 heteroatoms. The predicted octanol–water partition coefficient (Wildman–Crippen LogP) is 2.96. The maximum atomic E-state index is 11.1. The lowest BCUT2D eigenvalue weighted by atomic mass is 9.95.